The lowest BCUT2D eigenvalue weighted by atomic mass is 10.2. The quantitative estimate of drug-likeness (QED) is 0.644. The maximum Gasteiger partial charge on any atom is 0.180 e. The summed E-state index contributed by atoms with van der Waals surface area (Å²) in [5.41, 5.74) is 6.27. The van der Waals surface area contributed by atoms with Crippen LogP contribution in [0.5, 0.6) is 0 Å². The lowest BCUT2D eigenvalue weighted by Gasteiger charge is -1.88. The minimum absolute atomic E-state index is 0.715. The summed E-state index contributed by atoms with van der Waals surface area (Å²) in [5.74, 6) is 0. The second kappa shape index (κ2) is 3.25. The minimum Gasteiger partial charge on any atom is -0.451 e. The van der Waals surface area contributed by atoms with Crippen LogP contribution in [0.3, 0.4) is 0 Å². The molecule has 0 aliphatic rings. The lowest BCUT2D eigenvalue weighted by molar-refractivity contribution is 0.556. The van der Waals surface area contributed by atoms with Gasteiger partial charge < -0.3 is 10.2 Å². The number of aromatic nitrogens is 1. The van der Waals surface area contributed by atoms with Crippen molar-refractivity contribution in [2.24, 2.45) is 5.73 Å². The predicted octanol–water partition coefficient (Wildman–Crippen LogP) is 0.566. The third kappa shape index (κ3) is 1.85. The molecule has 50 valence electrons. The zero-order chi connectivity index (χ0) is 6.53. The van der Waals surface area contributed by atoms with E-state index in [1.54, 1.807) is 6.26 Å². The average Bonchev–Trinajstić information content (AvgIpc) is 2.34. The lowest BCUT2D eigenvalue weighted by Crippen LogP contribution is -2.00. The highest BCUT2D eigenvalue weighted by atomic mass is 16.3. The van der Waals surface area contributed by atoms with Crippen LogP contribution in [0.2, 0.25) is 0 Å². The molecular formula is C6H10N2O. The molecule has 0 radical (unpaired) electrons. The van der Waals surface area contributed by atoms with Gasteiger partial charge in [0, 0.05) is 0 Å². The molecule has 0 atom stereocenters. The summed E-state index contributed by atoms with van der Waals surface area (Å²) in [4.78, 5) is 3.93. The number of rotatable bonds is 3. The summed E-state index contributed by atoms with van der Waals surface area (Å²) in [6.07, 6.45) is 4.99. The molecule has 1 aromatic rings. The summed E-state index contributed by atoms with van der Waals surface area (Å²) in [7, 11) is 0. The summed E-state index contributed by atoms with van der Waals surface area (Å²) >= 11 is 0. The van der Waals surface area contributed by atoms with Crippen LogP contribution in [0.1, 0.15) is 12.1 Å². The minimum atomic E-state index is 0.715. The highest BCUT2D eigenvalue weighted by Crippen LogP contribution is 1.96. The van der Waals surface area contributed by atoms with Crippen molar-refractivity contribution in [3.05, 3.63) is 18.4 Å². The zero-order valence-corrected chi connectivity index (χ0v) is 5.21. The number of nitrogens with two attached hydrogens (primary N) is 1. The molecule has 0 amide bonds. The number of hydrogen-bond acceptors (Lipinski definition) is 3. The van der Waals surface area contributed by atoms with E-state index in [1.807, 2.05) is 0 Å². The third-order valence-corrected chi connectivity index (χ3v) is 1.12. The van der Waals surface area contributed by atoms with Crippen molar-refractivity contribution in [1.82, 2.24) is 4.98 Å². The second-order valence-electron chi connectivity index (χ2n) is 1.87. The van der Waals surface area contributed by atoms with E-state index in [0.29, 0.717) is 6.54 Å². The standard InChI is InChI=1S/C6H10N2O/c7-3-1-2-6-4-9-5-8-6/h4-5H,1-3,7H2. The van der Waals surface area contributed by atoms with Crippen LogP contribution in [-0.2, 0) is 6.42 Å². The first-order valence-corrected chi connectivity index (χ1v) is 3.00. The van der Waals surface area contributed by atoms with Gasteiger partial charge in [0.05, 0.1) is 5.69 Å². The maximum atomic E-state index is 5.29. The Bertz CT molecular complexity index is 148. The molecule has 9 heavy (non-hydrogen) atoms. The van der Waals surface area contributed by atoms with Gasteiger partial charge in [-0.25, -0.2) is 4.98 Å². The Morgan fingerprint density at radius 2 is 2.56 bits per heavy atom. The topological polar surface area (TPSA) is 52.0 Å². The van der Waals surface area contributed by atoms with E-state index >= 15 is 0 Å². The van der Waals surface area contributed by atoms with Crippen LogP contribution in [0.4, 0.5) is 0 Å². The Kier molecular flexibility index (Phi) is 2.27. The molecular weight excluding hydrogens is 116 g/mol. The van der Waals surface area contributed by atoms with Crippen molar-refractivity contribution < 1.29 is 4.42 Å². The largest absolute Gasteiger partial charge is 0.451 e. The molecule has 1 aromatic heterocycles. The SMILES string of the molecule is NCCCc1cocn1. The molecule has 0 unspecified atom stereocenters. The Balaban J connectivity index is 2.30. The van der Waals surface area contributed by atoms with E-state index in [1.165, 1.54) is 6.39 Å². The molecule has 1 heterocycles. The summed E-state index contributed by atoms with van der Waals surface area (Å²) in [6.45, 7) is 0.715. The highest BCUT2D eigenvalue weighted by Gasteiger charge is 1.92. The Labute approximate surface area is 53.9 Å². The van der Waals surface area contributed by atoms with Crippen LogP contribution >= 0.6 is 0 Å². The molecule has 1 rings (SSSR count). The van der Waals surface area contributed by atoms with E-state index in [4.69, 9.17) is 10.2 Å². The normalized spacial score (nSPS) is 9.89. The van der Waals surface area contributed by atoms with E-state index in [2.05, 4.69) is 4.98 Å². The summed E-state index contributed by atoms with van der Waals surface area (Å²) in [5, 5.41) is 0. The van der Waals surface area contributed by atoms with Gasteiger partial charge in [-0.3, -0.25) is 0 Å². The van der Waals surface area contributed by atoms with E-state index in [9.17, 15) is 0 Å². The molecule has 0 fully saturated rings. The fourth-order valence-corrected chi connectivity index (χ4v) is 0.644. The summed E-state index contributed by atoms with van der Waals surface area (Å²) in [6, 6.07) is 0. The second-order valence-corrected chi connectivity index (χ2v) is 1.87. The molecule has 0 aliphatic heterocycles. The zero-order valence-electron chi connectivity index (χ0n) is 5.21. The van der Waals surface area contributed by atoms with Crippen LogP contribution in [-0.4, -0.2) is 11.5 Å². The highest BCUT2D eigenvalue weighted by molar-refractivity contribution is 4.90. The molecule has 2 N–H and O–H groups in total. The third-order valence-electron chi connectivity index (χ3n) is 1.12. The maximum absolute atomic E-state index is 5.29. The van der Waals surface area contributed by atoms with Crippen molar-refractivity contribution in [3.63, 3.8) is 0 Å². The first-order valence-electron chi connectivity index (χ1n) is 3.00. The molecule has 0 saturated carbocycles. The van der Waals surface area contributed by atoms with E-state index in [-0.39, 0.29) is 0 Å². The Morgan fingerprint density at radius 1 is 1.67 bits per heavy atom. The molecule has 0 aromatic carbocycles. The van der Waals surface area contributed by atoms with Crippen molar-refractivity contribution in [2.75, 3.05) is 6.54 Å². The first-order chi connectivity index (χ1) is 4.43. The number of oxazole rings is 1. The summed E-state index contributed by atoms with van der Waals surface area (Å²) < 4.78 is 4.76. The van der Waals surface area contributed by atoms with E-state index in [0.717, 1.165) is 18.5 Å². The van der Waals surface area contributed by atoms with Crippen LogP contribution in [0, 0.1) is 0 Å². The molecule has 3 heteroatoms. The number of nitrogens with zero attached hydrogens (tertiary/aromatic N) is 1. The monoisotopic (exact) mass is 126 g/mol. The van der Waals surface area contributed by atoms with Gasteiger partial charge in [0.15, 0.2) is 6.39 Å². The fourth-order valence-electron chi connectivity index (χ4n) is 0.644. The van der Waals surface area contributed by atoms with Gasteiger partial charge in [-0.2, -0.15) is 0 Å². The predicted molar refractivity (Wildman–Crippen MR) is 33.9 cm³/mol. The van der Waals surface area contributed by atoms with Gasteiger partial charge in [0.25, 0.3) is 0 Å². The Hall–Kier alpha value is -0.830. The van der Waals surface area contributed by atoms with Gasteiger partial charge in [0.1, 0.15) is 6.26 Å². The average molecular weight is 126 g/mol. The van der Waals surface area contributed by atoms with Crippen LogP contribution in [0.25, 0.3) is 0 Å². The fraction of sp³-hybridized carbons (Fsp3) is 0.500. The van der Waals surface area contributed by atoms with Gasteiger partial charge in [-0.05, 0) is 19.4 Å². The van der Waals surface area contributed by atoms with Crippen LogP contribution < -0.4 is 5.73 Å². The molecule has 0 saturated heterocycles. The molecule has 3 nitrogen and oxygen atoms in total. The van der Waals surface area contributed by atoms with Crippen molar-refractivity contribution in [2.45, 2.75) is 12.8 Å². The first kappa shape index (κ1) is 6.29. The molecule has 0 aliphatic carbocycles. The van der Waals surface area contributed by atoms with Gasteiger partial charge in [-0.1, -0.05) is 0 Å². The van der Waals surface area contributed by atoms with Crippen molar-refractivity contribution in [3.8, 4) is 0 Å². The molecule has 0 bridgehead atoms. The van der Waals surface area contributed by atoms with Crippen molar-refractivity contribution in [1.29, 1.82) is 0 Å². The smallest absolute Gasteiger partial charge is 0.180 e. The van der Waals surface area contributed by atoms with Gasteiger partial charge in [-0.15, -0.1) is 0 Å². The van der Waals surface area contributed by atoms with Crippen LogP contribution in [0.15, 0.2) is 17.1 Å². The number of hydrogen-bond donors (Lipinski definition) is 1. The number of aryl methyl sites for hydroxylation is 1. The Morgan fingerprint density at radius 3 is 3.11 bits per heavy atom. The van der Waals surface area contributed by atoms with Gasteiger partial charge in [0.2, 0.25) is 0 Å². The molecule has 0 spiro atoms. The van der Waals surface area contributed by atoms with E-state index < -0.39 is 0 Å². The van der Waals surface area contributed by atoms with Gasteiger partial charge >= 0.3 is 0 Å². The van der Waals surface area contributed by atoms with Crippen molar-refractivity contribution >= 4 is 0 Å².